The summed E-state index contributed by atoms with van der Waals surface area (Å²) in [4.78, 5) is 33.2. The summed E-state index contributed by atoms with van der Waals surface area (Å²) >= 11 is 9.94. The number of ketones is 1. The molecule has 3 heterocycles. The molecule has 1 N–H and O–H groups in total. The number of amides is 1. The van der Waals surface area contributed by atoms with Gasteiger partial charge in [0.1, 0.15) is 0 Å². The number of aliphatic hydroxyl groups is 1. The number of rotatable bonds is 7. The van der Waals surface area contributed by atoms with Crippen LogP contribution in [0, 0.1) is 20.8 Å². The summed E-state index contributed by atoms with van der Waals surface area (Å²) < 4.78 is 0.661. The Labute approximate surface area is 230 Å². The molecule has 0 fully saturated rings. The summed E-state index contributed by atoms with van der Waals surface area (Å²) in [5.41, 5.74) is 3.38. The lowest BCUT2D eigenvalue weighted by Crippen LogP contribution is -2.31. The highest BCUT2D eigenvalue weighted by molar-refractivity contribution is 8.00. The molecule has 1 unspecified atom stereocenters. The number of aromatic nitrogens is 3. The largest absolute Gasteiger partial charge is 0.503 e. The zero-order chi connectivity index (χ0) is 26.3. The predicted molar refractivity (Wildman–Crippen MR) is 148 cm³/mol. The third-order valence-corrected chi connectivity index (χ3v) is 9.28. The number of aliphatic hydroxyl groups excluding tert-OH is 1. The van der Waals surface area contributed by atoms with Crippen LogP contribution >= 0.6 is 46.0 Å². The predicted octanol–water partition coefficient (Wildman–Crippen LogP) is 6.65. The molecule has 0 saturated heterocycles. The van der Waals surface area contributed by atoms with Gasteiger partial charge in [0.15, 0.2) is 10.1 Å². The molecule has 0 aliphatic carbocycles. The van der Waals surface area contributed by atoms with Crippen molar-refractivity contribution in [1.82, 2.24) is 15.2 Å². The van der Waals surface area contributed by atoms with Crippen molar-refractivity contribution in [2.45, 2.75) is 36.9 Å². The summed E-state index contributed by atoms with van der Waals surface area (Å²) in [6.07, 6.45) is 0. The highest BCUT2D eigenvalue weighted by Gasteiger charge is 2.46. The van der Waals surface area contributed by atoms with Crippen LogP contribution in [0.3, 0.4) is 0 Å². The molecule has 1 amide bonds. The standard InChI is InChI=1S/C26H21ClN4O3S3/c1-13-4-8-17(9-5-13)20-19(21(32)23-14(2)28-15(3)36-23)22(33)24(34)31(20)25-29-30-26(37-25)35-12-16-6-10-18(27)11-7-16/h4-11,20,33H,12H2,1-3H3. The van der Waals surface area contributed by atoms with Gasteiger partial charge in [-0.25, -0.2) is 4.98 Å². The minimum absolute atomic E-state index is 0.0196. The van der Waals surface area contributed by atoms with Crippen molar-refractivity contribution in [3.8, 4) is 0 Å². The lowest BCUT2D eigenvalue weighted by molar-refractivity contribution is -0.117. The SMILES string of the molecule is Cc1ccc(C2C(C(=O)c3sc(C)nc3C)=C(O)C(=O)N2c2nnc(SCc3ccc(Cl)cc3)s2)cc1. The number of carbonyl (C=O) groups is 2. The molecule has 2 aromatic carbocycles. The highest BCUT2D eigenvalue weighted by atomic mass is 35.5. The fraction of sp³-hybridized carbons (Fsp3) is 0.192. The Balaban J connectivity index is 1.50. The summed E-state index contributed by atoms with van der Waals surface area (Å²) in [7, 11) is 0. The maximum atomic E-state index is 13.7. The number of hydrogen-bond donors (Lipinski definition) is 1. The number of hydrogen-bond acceptors (Lipinski definition) is 9. The number of anilines is 1. The van der Waals surface area contributed by atoms with E-state index in [9.17, 15) is 14.7 Å². The molecule has 1 aliphatic heterocycles. The van der Waals surface area contributed by atoms with Crippen molar-refractivity contribution in [3.05, 3.63) is 97.2 Å². The van der Waals surface area contributed by atoms with Gasteiger partial charge in [-0.05, 0) is 44.0 Å². The molecule has 7 nitrogen and oxygen atoms in total. The summed E-state index contributed by atoms with van der Waals surface area (Å²) in [6, 6.07) is 14.2. The summed E-state index contributed by atoms with van der Waals surface area (Å²) in [6.45, 7) is 5.52. The maximum absolute atomic E-state index is 13.7. The van der Waals surface area contributed by atoms with Crippen LogP contribution in [-0.2, 0) is 10.5 Å². The Bertz CT molecular complexity index is 1530. The van der Waals surface area contributed by atoms with E-state index in [-0.39, 0.29) is 5.57 Å². The summed E-state index contributed by atoms with van der Waals surface area (Å²) in [5.74, 6) is -1.02. The Morgan fingerprint density at radius 1 is 1.05 bits per heavy atom. The third kappa shape index (κ3) is 5.06. The molecule has 5 rings (SSSR count). The van der Waals surface area contributed by atoms with Crippen LogP contribution in [0.25, 0.3) is 0 Å². The molecule has 2 aromatic heterocycles. The minimum Gasteiger partial charge on any atom is -0.503 e. The van der Waals surface area contributed by atoms with Gasteiger partial charge in [0.05, 0.1) is 27.2 Å². The first-order valence-electron chi connectivity index (χ1n) is 11.3. The van der Waals surface area contributed by atoms with E-state index in [0.29, 0.717) is 36.4 Å². The smallest absolute Gasteiger partial charge is 0.296 e. The van der Waals surface area contributed by atoms with Gasteiger partial charge < -0.3 is 5.11 Å². The number of aryl methyl sites for hydroxylation is 3. The van der Waals surface area contributed by atoms with Gasteiger partial charge in [-0.3, -0.25) is 14.5 Å². The first-order chi connectivity index (χ1) is 17.7. The second-order valence-corrected chi connectivity index (χ2v) is 12.3. The monoisotopic (exact) mass is 568 g/mol. The maximum Gasteiger partial charge on any atom is 0.296 e. The zero-order valence-corrected chi connectivity index (χ0v) is 23.3. The highest BCUT2D eigenvalue weighted by Crippen LogP contribution is 2.44. The molecule has 0 radical (unpaired) electrons. The van der Waals surface area contributed by atoms with Crippen LogP contribution in [-0.4, -0.2) is 32.0 Å². The van der Waals surface area contributed by atoms with E-state index in [1.807, 2.05) is 62.4 Å². The van der Waals surface area contributed by atoms with Crippen molar-refractivity contribution < 1.29 is 14.7 Å². The quantitative estimate of drug-likeness (QED) is 0.151. The van der Waals surface area contributed by atoms with Crippen molar-refractivity contribution in [3.63, 3.8) is 0 Å². The molecule has 0 bridgehead atoms. The first kappa shape index (κ1) is 25.6. The van der Waals surface area contributed by atoms with Crippen LogP contribution in [0.15, 0.2) is 64.2 Å². The van der Waals surface area contributed by atoms with E-state index in [4.69, 9.17) is 11.6 Å². The molecule has 1 atom stereocenters. The lowest BCUT2D eigenvalue weighted by atomic mass is 9.94. The topological polar surface area (TPSA) is 96.3 Å². The van der Waals surface area contributed by atoms with E-state index in [2.05, 4.69) is 15.2 Å². The Hall–Kier alpha value is -3.05. The molecule has 188 valence electrons. The molecular formula is C26H21ClN4O3S3. The van der Waals surface area contributed by atoms with Crippen LogP contribution < -0.4 is 4.90 Å². The van der Waals surface area contributed by atoms with Crippen molar-refractivity contribution in [1.29, 1.82) is 0 Å². The molecule has 0 spiro atoms. The number of Topliss-reactive ketones (excluding diaryl/α,β-unsaturated/α-hetero) is 1. The van der Waals surface area contributed by atoms with Crippen LogP contribution in [0.4, 0.5) is 5.13 Å². The molecule has 1 aliphatic rings. The van der Waals surface area contributed by atoms with Crippen molar-refractivity contribution >= 4 is 62.9 Å². The van der Waals surface area contributed by atoms with E-state index in [0.717, 1.165) is 16.1 Å². The number of carbonyl (C=O) groups excluding carboxylic acids is 2. The Kier molecular flexibility index (Phi) is 7.17. The van der Waals surface area contributed by atoms with Gasteiger partial charge in [0, 0.05) is 10.8 Å². The first-order valence-corrected chi connectivity index (χ1v) is 14.3. The number of nitrogens with zero attached hydrogens (tertiary/aromatic N) is 4. The summed E-state index contributed by atoms with van der Waals surface area (Å²) in [5, 5.41) is 21.2. The fourth-order valence-electron chi connectivity index (χ4n) is 4.05. The third-order valence-electron chi connectivity index (χ3n) is 5.83. The van der Waals surface area contributed by atoms with Gasteiger partial charge in [0.25, 0.3) is 5.91 Å². The lowest BCUT2D eigenvalue weighted by Gasteiger charge is -2.24. The van der Waals surface area contributed by atoms with Crippen LogP contribution in [0.2, 0.25) is 5.02 Å². The average Bonchev–Trinajstić information content (AvgIpc) is 3.55. The number of halogens is 1. The fourth-order valence-corrected chi connectivity index (χ4v) is 6.87. The minimum atomic E-state index is -0.843. The van der Waals surface area contributed by atoms with E-state index in [1.165, 1.54) is 39.3 Å². The molecule has 0 saturated carbocycles. The van der Waals surface area contributed by atoms with Gasteiger partial charge in [-0.15, -0.1) is 21.5 Å². The Morgan fingerprint density at radius 2 is 1.76 bits per heavy atom. The van der Waals surface area contributed by atoms with Crippen molar-refractivity contribution in [2.75, 3.05) is 4.90 Å². The normalized spacial score (nSPS) is 15.6. The Morgan fingerprint density at radius 3 is 2.41 bits per heavy atom. The second kappa shape index (κ2) is 10.4. The van der Waals surface area contributed by atoms with Gasteiger partial charge in [-0.1, -0.05) is 76.7 Å². The molecule has 11 heteroatoms. The van der Waals surface area contributed by atoms with Gasteiger partial charge in [-0.2, -0.15) is 0 Å². The number of benzene rings is 2. The number of thiazole rings is 1. The molecular weight excluding hydrogens is 548 g/mol. The van der Waals surface area contributed by atoms with E-state index < -0.39 is 23.5 Å². The van der Waals surface area contributed by atoms with Crippen LogP contribution in [0.5, 0.6) is 0 Å². The zero-order valence-electron chi connectivity index (χ0n) is 20.1. The molecule has 4 aromatic rings. The van der Waals surface area contributed by atoms with E-state index in [1.54, 1.807) is 6.92 Å². The van der Waals surface area contributed by atoms with Gasteiger partial charge >= 0.3 is 0 Å². The van der Waals surface area contributed by atoms with Crippen LogP contribution in [0.1, 0.15) is 43.1 Å². The van der Waals surface area contributed by atoms with Crippen molar-refractivity contribution in [2.24, 2.45) is 0 Å². The molecule has 37 heavy (non-hydrogen) atoms. The van der Waals surface area contributed by atoms with Gasteiger partial charge in [0.2, 0.25) is 10.9 Å². The number of thioether (sulfide) groups is 1. The average molecular weight is 569 g/mol. The van der Waals surface area contributed by atoms with E-state index >= 15 is 0 Å². The second-order valence-electron chi connectivity index (χ2n) is 8.49.